The summed E-state index contributed by atoms with van der Waals surface area (Å²) in [4.78, 5) is 0. The highest BCUT2D eigenvalue weighted by Gasteiger charge is 2.61. The highest BCUT2D eigenvalue weighted by Crippen LogP contribution is 2.68. The fraction of sp³-hybridized carbons (Fsp3) is 1.00. The predicted molar refractivity (Wildman–Crippen MR) is 125 cm³/mol. The highest BCUT2D eigenvalue weighted by molar-refractivity contribution is 5.10. The molecule has 4 rings (SSSR count). The molecule has 0 unspecified atom stereocenters. The van der Waals surface area contributed by atoms with Gasteiger partial charge in [-0.3, -0.25) is 0 Å². The molecule has 4 aliphatic rings. The van der Waals surface area contributed by atoms with Crippen molar-refractivity contribution in [3.8, 4) is 0 Å². The fourth-order valence-corrected chi connectivity index (χ4v) is 9.52. The second-order valence-electron chi connectivity index (χ2n) is 13.3. The molecule has 30 heavy (non-hydrogen) atoms. The molecule has 0 spiro atoms. The quantitative estimate of drug-likeness (QED) is 0.496. The molecule has 0 heterocycles. The first kappa shape index (κ1) is 23.1. The second-order valence-corrected chi connectivity index (χ2v) is 13.3. The van der Waals surface area contributed by atoms with Gasteiger partial charge in [0.1, 0.15) is 0 Å². The Bertz CT molecular complexity index is 599. The van der Waals surface area contributed by atoms with Gasteiger partial charge in [0.2, 0.25) is 0 Å². The van der Waals surface area contributed by atoms with E-state index >= 15 is 0 Å². The molecular formula is C28H50O2. The van der Waals surface area contributed by atoms with E-state index in [4.69, 9.17) is 0 Å². The minimum absolute atomic E-state index is 0.344. The maximum Gasteiger partial charge on any atom is 0.0622 e. The minimum Gasteiger partial charge on any atom is -0.396 e. The van der Waals surface area contributed by atoms with Gasteiger partial charge in [-0.1, -0.05) is 40.5 Å². The number of aliphatic hydroxyl groups excluding tert-OH is 1. The van der Waals surface area contributed by atoms with Crippen molar-refractivity contribution >= 4 is 0 Å². The Morgan fingerprint density at radius 3 is 2.27 bits per heavy atom. The van der Waals surface area contributed by atoms with Gasteiger partial charge in [0, 0.05) is 6.61 Å². The number of rotatable bonds is 6. The van der Waals surface area contributed by atoms with E-state index in [0.29, 0.717) is 23.4 Å². The first-order chi connectivity index (χ1) is 14.1. The molecule has 2 nitrogen and oxygen atoms in total. The molecule has 4 fully saturated rings. The van der Waals surface area contributed by atoms with Crippen LogP contribution in [0.3, 0.4) is 0 Å². The number of aliphatic hydroxyl groups is 2. The molecular weight excluding hydrogens is 368 g/mol. The molecule has 174 valence electrons. The van der Waals surface area contributed by atoms with Crippen LogP contribution in [0.4, 0.5) is 0 Å². The van der Waals surface area contributed by atoms with Crippen molar-refractivity contribution in [2.24, 2.45) is 52.3 Å². The summed E-state index contributed by atoms with van der Waals surface area (Å²) in [5.41, 5.74) is 0.626. The third kappa shape index (κ3) is 3.91. The van der Waals surface area contributed by atoms with Gasteiger partial charge in [0.25, 0.3) is 0 Å². The van der Waals surface area contributed by atoms with Crippen LogP contribution in [-0.4, -0.2) is 22.4 Å². The summed E-state index contributed by atoms with van der Waals surface area (Å²) in [5, 5.41) is 20.0. The lowest BCUT2D eigenvalue weighted by molar-refractivity contribution is -0.148. The summed E-state index contributed by atoms with van der Waals surface area (Å²) in [6, 6.07) is 0. The standard InChI is InChI=1S/C28H50O2/c1-19(13-17-29)6-7-20(2)23-10-11-24-22-9-8-21-18-26(3,30)15-16-27(21,4)25(22)12-14-28(23,24)5/h19-25,29-30H,6-18H2,1-5H3/t19-,20-,21+,22+,23-,24+,25+,26+,27+,28-/m1/s1. The van der Waals surface area contributed by atoms with Crippen LogP contribution in [-0.2, 0) is 0 Å². The molecule has 0 aromatic carbocycles. The van der Waals surface area contributed by atoms with Crippen LogP contribution < -0.4 is 0 Å². The monoisotopic (exact) mass is 418 g/mol. The summed E-state index contributed by atoms with van der Waals surface area (Å²) in [6.45, 7) is 12.6. The van der Waals surface area contributed by atoms with Crippen molar-refractivity contribution < 1.29 is 10.2 Å². The van der Waals surface area contributed by atoms with Crippen molar-refractivity contribution in [1.82, 2.24) is 0 Å². The van der Waals surface area contributed by atoms with Gasteiger partial charge >= 0.3 is 0 Å². The predicted octanol–water partition coefficient (Wildman–Crippen LogP) is 6.83. The summed E-state index contributed by atoms with van der Waals surface area (Å²) in [7, 11) is 0. The normalized spacial score (nSPS) is 50.3. The smallest absolute Gasteiger partial charge is 0.0622 e. The topological polar surface area (TPSA) is 40.5 Å². The Hall–Kier alpha value is -0.0800. The molecule has 0 bridgehead atoms. The van der Waals surface area contributed by atoms with Crippen LogP contribution in [0.15, 0.2) is 0 Å². The maximum absolute atomic E-state index is 10.7. The Morgan fingerprint density at radius 1 is 0.800 bits per heavy atom. The molecule has 4 saturated carbocycles. The van der Waals surface area contributed by atoms with E-state index in [0.717, 1.165) is 54.8 Å². The number of hydrogen-bond donors (Lipinski definition) is 2. The highest BCUT2D eigenvalue weighted by atomic mass is 16.3. The van der Waals surface area contributed by atoms with Crippen LogP contribution in [0.1, 0.15) is 112 Å². The van der Waals surface area contributed by atoms with Crippen molar-refractivity contribution in [2.45, 2.75) is 117 Å². The SMILES string of the molecule is C[C@@H](CCO)CC[C@@H](C)[C@H]1CC[C@H]2[C@@H]3CC[C@H]4C[C@@](C)(O)CC[C@]4(C)[C@H]3CC[C@]12C. The van der Waals surface area contributed by atoms with Gasteiger partial charge in [-0.2, -0.15) is 0 Å². The van der Waals surface area contributed by atoms with E-state index in [1.165, 1.54) is 57.8 Å². The summed E-state index contributed by atoms with van der Waals surface area (Å²) >= 11 is 0. The average molecular weight is 419 g/mol. The van der Waals surface area contributed by atoms with Crippen LogP contribution in [0, 0.1) is 52.3 Å². The van der Waals surface area contributed by atoms with Crippen molar-refractivity contribution in [2.75, 3.05) is 6.61 Å². The van der Waals surface area contributed by atoms with Gasteiger partial charge in [0.15, 0.2) is 0 Å². The molecule has 0 aromatic rings. The molecule has 0 amide bonds. The zero-order chi connectivity index (χ0) is 21.7. The van der Waals surface area contributed by atoms with Crippen molar-refractivity contribution in [3.05, 3.63) is 0 Å². The van der Waals surface area contributed by atoms with Crippen LogP contribution in [0.2, 0.25) is 0 Å². The lowest BCUT2D eigenvalue weighted by Crippen LogP contribution is -2.55. The molecule has 4 aliphatic carbocycles. The Labute approximate surface area is 186 Å². The van der Waals surface area contributed by atoms with Crippen LogP contribution in [0.25, 0.3) is 0 Å². The van der Waals surface area contributed by atoms with Gasteiger partial charge in [-0.25, -0.2) is 0 Å². The lowest BCUT2D eigenvalue weighted by atomic mass is 9.43. The Balaban J connectivity index is 1.45. The Kier molecular flexibility index (Phi) is 6.44. The number of hydrogen-bond acceptors (Lipinski definition) is 2. The van der Waals surface area contributed by atoms with Gasteiger partial charge in [0.05, 0.1) is 5.60 Å². The van der Waals surface area contributed by atoms with E-state index in [1.807, 2.05) is 0 Å². The molecule has 0 radical (unpaired) electrons. The molecule has 0 aromatic heterocycles. The average Bonchev–Trinajstić information content (AvgIpc) is 3.04. The summed E-state index contributed by atoms with van der Waals surface area (Å²) < 4.78 is 0. The van der Waals surface area contributed by atoms with E-state index in [2.05, 4.69) is 34.6 Å². The molecule has 2 N–H and O–H groups in total. The van der Waals surface area contributed by atoms with E-state index < -0.39 is 5.60 Å². The Morgan fingerprint density at radius 2 is 1.53 bits per heavy atom. The zero-order valence-corrected chi connectivity index (χ0v) is 20.6. The van der Waals surface area contributed by atoms with Crippen LogP contribution in [0.5, 0.6) is 0 Å². The largest absolute Gasteiger partial charge is 0.396 e. The summed E-state index contributed by atoms with van der Waals surface area (Å²) in [5.74, 6) is 5.94. The molecule has 10 atom stereocenters. The fourth-order valence-electron chi connectivity index (χ4n) is 9.52. The van der Waals surface area contributed by atoms with E-state index in [1.54, 1.807) is 0 Å². The van der Waals surface area contributed by atoms with Crippen molar-refractivity contribution in [1.29, 1.82) is 0 Å². The maximum atomic E-state index is 10.7. The second kappa shape index (κ2) is 8.36. The van der Waals surface area contributed by atoms with Gasteiger partial charge in [-0.15, -0.1) is 0 Å². The number of fused-ring (bicyclic) bond motifs is 5. The summed E-state index contributed by atoms with van der Waals surface area (Å²) in [6.07, 6.45) is 15.5. The third-order valence-electron chi connectivity index (χ3n) is 11.5. The van der Waals surface area contributed by atoms with E-state index in [9.17, 15) is 10.2 Å². The van der Waals surface area contributed by atoms with Crippen molar-refractivity contribution in [3.63, 3.8) is 0 Å². The van der Waals surface area contributed by atoms with Gasteiger partial charge < -0.3 is 10.2 Å². The third-order valence-corrected chi connectivity index (χ3v) is 11.5. The minimum atomic E-state index is -0.415. The molecule has 0 saturated heterocycles. The van der Waals surface area contributed by atoms with Gasteiger partial charge in [-0.05, 0) is 123 Å². The van der Waals surface area contributed by atoms with E-state index in [-0.39, 0.29) is 0 Å². The first-order valence-electron chi connectivity index (χ1n) is 13.4. The first-order valence-corrected chi connectivity index (χ1v) is 13.4. The lowest BCUT2D eigenvalue weighted by Gasteiger charge is -2.62. The van der Waals surface area contributed by atoms with Crippen LogP contribution >= 0.6 is 0 Å². The molecule has 2 heteroatoms. The molecule has 0 aliphatic heterocycles. The zero-order valence-electron chi connectivity index (χ0n) is 20.6.